The van der Waals surface area contributed by atoms with Gasteiger partial charge in [-0.3, -0.25) is 18.9 Å². The van der Waals surface area contributed by atoms with Crippen LogP contribution < -0.4 is 14.4 Å². The summed E-state index contributed by atoms with van der Waals surface area (Å²) in [6, 6.07) is 9.32. The molecule has 0 aliphatic carbocycles. The van der Waals surface area contributed by atoms with Crippen LogP contribution in [0.3, 0.4) is 0 Å². The second-order valence-corrected chi connectivity index (χ2v) is 10.1. The number of hydrogen-bond acceptors (Lipinski definition) is 10. The molecule has 4 heterocycles. The average Bonchev–Trinajstić information content (AvgIpc) is 3.59. The minimum atomic E-state index is -1.10. The van der Waals surface area contributed by atoms with Crippen molar-refractivity contribution in [2.45, 2.75) is 33.7 Å². The molecule has 1 atom stereocenters. The van der Waals surface area contributed by atoms with Gasteiger partial charge in [-0.2, -0.15) is 0 Å². The molecule has 1 N–H and O–H groups in total. The Labute approximate surface area is 239 Å². The number of ketones is 1. The molecule has 1 unspecified atom stereocenters. The summed E-state index contributed by atoms with van der Waals surface area (Å²) in [6.07, 6.45) is 1.71. The van der Waals surface area contributed by atoms with E-state index in [1.165, 1.54) is 12.0 Å². The number of pyridine rings is 1. The summed E-state index contributed by atoms with van der Waals surface area (Å²) >= 11 is 0.926. The first-order chi connectivity index (χ1) is 19.7. The monoisotopic (exact) mass is 576 g/mol. The number of imidazole rings is 1. The number of aromatic nitrogens is 3. The van der Waals surface area contributed by atoms with E-state index in [0.29, 0.717) is 47.3 Å². The number of ether oxygens (including phenoxy) is 3. The van der Waals surface area contributed by atoms with Crippen LogP contribution in [0.5, 0.6) is 11.5 Å². The molecular weight excluding hydrogens is 548 g/mol. The van der Waals surface area contributed by atoms with E-state index in [4.69, 9.17) is 14.2 Å². The Kier molecular flexibility index (Phi) is 7.50. The molecule has 3 aromatic heterocycles. The zero-order chi connectivity index (χ0) is 29.4. The van der Waals surface area contributed by atoms with Gasteiger partial charge < -0.3 is 19.3 Å². The second-order valence-electron chi connectivity index (χ2n) is 9.12. The minimum Gasteiger partial charge on any atom is -0.505 e. The van der Waals surface area contributed by atoms with Gasteiger partial charge in [-0.25, -0.2) is 14.8 Å². The molecule has 41 heavy (non-hydrogen) atoms. The fourth-order valence-electron chi connectivity index (χ4n) is 4.88. The molecule has 12 heteroatoms. The van der Waals surface area contributed by atoms with Crippen LogP contribution >= 0.6 is 11.3 Å². The van der Waals surface area contributed by atoms with Gasteiger partial charge in [0.15, 0.2) is 22.4 Å². The highest BCUT2D eigenvalue weighted by molar-refractivity contribution is 7.17. The summed E-state index contributed by atoms with van der Waals surface area (Å²) in [5.41, 5.74) is 1.98. The highest BCUT2D eigenvalue weighted by atomic mass is 32.1. The molecule has 212 valence electrons. The number of nitrogens with zero attached hydrogens (tertiary/aromatic N) is 4. The van der Waals surface area contributed by atoms with Crippen LogP contribution in [0.1, 0.15) is 52.2 Å². The van der Waals surface area contributed by atoms with Crippen molar-refractivity contribution in [2.24, 2.45) is 0 Å². The number of esters is 1. The molecule has 4 aromatic rings. The van der Waals surface area contributed by atoms with Gasteiger partial charge in [-0.05, 0) is 57.5 Å². The summed E-state index contributed by atoms with van der Waals surface area (Å²) in [7, 11) is 1.25. The number of carbonyl (C=O) groups is 3. The van der Waals surface area contributed by atoms with Crippen molar-refractivity contribution in [1.82, 2.24) is 14.4 Å². The standard InChI is InChI=1S/C29H28N4O7S/c1-6-39-18-12-11-17(14-19(18)40-7-2)23-21(24(34)22-15(3)30-20-10-8-9-13-32(20)22)25(35)27(36)33(23)29-31-16(4)26(41-29)28(37)38-5/h8-14,23,34H,6-7H2,1-5H3. The molecule has 11 nitrogen and oxygen atoms in total. The van der Waals surface area contributed by atoms with Crippen molar-refractivity contribution in [3.63, 3.8) is 0 Å². The summed E-state index contributed by atoms with van der Waals surface area (Å²) in [4.78, 5) is 50.1. The number of thiazole rings is 1. The number of hydrogen-bond donors (Lipinski definition) is 1. The van der Waals surface area contributed by atoms with Gasteiger partial charge in [0.05, 0.1) is 43.3 Å². The first-order valence-corrected chi connectivity index (χ1v) is 13.7. The summed E-state index contributed by atoms with van der Waals surface area (Å²) < 4.78 is 18.0. The first-order valence-electron chi connectivity index (χ1n) is 12.9. The van der Waals surface area contributed by atoms with Crippen molar-refractivity contribution in [2.75, 3.05) is 25.2 Å². The predicted octanol–water partition coefficient (Wildman–Crippen LogP) is 4.62. The Bertz CT molecular complexity index is 1720. The van der Waals surface area contributed by atoms with Gasteiger partial charge in [0.25, 0.3) is 5.78 Å². The molecule has 0 bridgehead atoms. The topological polar surface area (TPSA) is 133 Å². The lowest BCUT2D eigenvalue weighted by Crippen LogP contribution is -2.29. The third-order valence-electron chi connectivity index (χ3n) is 6.62. The molecule has 0 spiro atoms. The number of fused-ring (bicyclic) bond motifs is 1. The molecule has 1 aromatic carbocycles. The molecule has 1 saturated heterocycles. The Balaban J connectivity index is 1.78. The van der Waals surface area contributed by atoms with E-state index >= 15 is 0 Å². The van der Waals surface area contributed by atoms with Crippen LogP contribution in [0.2, 0.25) is 0 Å². The number of aliphatic hydroxyl groups is 1. The van der Waals surface area contributed by atoms with Crippen LogP contribution in [0.15, 0.2) is 48.2 Å². The van der Waals surface area contributed by atoms with E-state index in [-0.39, 0.29) is 27.0 Å². The number of aliphatic hydroxyl groups excluding tert-OH is 1. The van der Waals surface area contributed by atoms with E-state index < -0.39 is 23.7 Å². The number of anilines is 1. The number of amides is 1. The summed E-state index contributed by atoms with van der Waals surface area (Å²) in [5.74, 6) is -1.90. The maximum atomic E-state index is 13.7. The summed E-state index contributed by atoms with van der Waals surface area (Å²) in [6.45, 7) is 7.75. The van der Waals surface area contributed by atoms with E-state index in [1.807, 2.05) is 19.9 Å². The lowest BCUT2D eigenvalue weighted by Gasteiger charge is -2.24. The Hall–Kier alpha value is -4.71. The maximum absolute atomic E-state index is 13.7. The number of carbonyl (C=O) groups excluding carboxylic acids is 3. The van der Waals surface area contributed by atoms with Crippen LogP contribution in [0.25, 0.3) is 11.4 Å². The van der Waals surface area contributed by atoms with Gasteiger partial charge in [-0.1, -0.05) is 23.5 Å². The largest absolute Gasteiger partial charge is 0.505 e. The second kappa shape index (κ2) is 11.0. The number of benzene rings is 1. The molecule has 0 saturated carbocycles. The fourth-order valence-corrected chi connectivity index (χ4v) is 5.89. The summed E-state index contributed by atoms with van der Waals surface area (Å²) in [5, 5.41) is 11.8. The Morgan fingerprint density at radius 2 is 1.76 bits per heavy atom. The highest BCUT2D eigenvalue weighted by Gasteiger charge is 2.49. The molecule has 1 aliphatic rings. The third-order valence-corrected chi connectivity index (χ3v) is 7.76. The Morgan fingerprint density at radius 1 is 1.02 bits per heavy atom. The van der Waals surface area contributed by atoms with Gasteiger partial charge in [0.1, 0.15) is 16.2 Å². The van der Waals surface area contributed by atoms with E-state index in [1.54, 1.807) is 54.8 Å². The number of aryl methyl sites for hydroxylation is 2. The van der Waals surface area contributed by atoms with E-state index in [9.17, 15) is 19.5 Å². The molecule has 5 rings (SSSR count). The molecule has 0 radical (unpaired) electrons. The van der Waals surface area contributed by atoms with Gasteiger partial charge in [-0.15, -0.1) is 0 Å². The van der Waals surface area contributed by atoms with Crippen molar-refractivity contribution in [3.05, 3.63) is 75.7 Å². The SMILES string of the molecule is CCOc1ccc(C2C(=C(O)c3c(C)nc4ccccn34)C(=O)C(=O)N2c2nc(C)c(C(=O)OC)s2)cc1OCC. The van der Waals surface area contributed by atoms with Crippen molar-refractivity contribution in [1.29, 1.82) is 0 Å². The normalized spacial score (nSPS) is 16.4. The molecular formula is C29H28N4O7S. The average molecular weight is 577 g/mol. The fraction of sp³-hybridized carbons (Fsp3) is 0.276. The molecule has 1 amide bonds. The highest BCUT2D eigenvalue weighted by Crippen LogP contribution is 2.46. The molecule has 1 aliphatic heterocycles. The van der Waals surface area contributed by atoms with Crippen LogP contribution in [0.4, 0.5) is 5.13 Å². The van der Waals surface area contributed by atoms with Crippen LogP contribution in [0, 0.1) is 13.8 Å². The van der Waals surface area contributed by atoms with Crippen molar-refractivity contribution < 1.29 is 33.7 Å². The van der Waals surface area contributed by atoms with Gasteiger partial charge >= 0.3 is 11.9 Å². The zero-order valence-corrected chi connectivity index (χ0v) is 23.9. The number of methoxy groups -OCH3 is 1. The first kappa shape index (κ1) is 27.8. The zero-order valence-electron chi connectivity index (χ0n) is 23.1. The van der Waals surface area contributed by atoms with Crippen molar-refractivity contribution in [3.8, 4) is 11.5 Å². The van der Waals surface area contributed by atoms with E-state index in [0.717, 1.165) is 11.3 Å². The minimum absolute atomic E-state index is 0.107. The lowest BCUT2D eigenvalue weighted by molar-refractivity contribution is -0.132. The van der Waals surface area contributed by atoms with Crippen LogP contribution in [-0.2, 0) is 14.3 Å². The van der Waals surface area contributed by atoms with Gasteiger partial charge in [0.2, 0.25) is 0 Å². The quantitative estimate of drug-likeness (QED) is 0.138. The van der Waals surface area contributed by atoms with Gasteiger partial charge in [0, 0.05) is 6.20 Å². The molecule has 1 fully saturated rings. The van der Waals surface area contributed by atoms with Crippen molar-refractivity contribution >= 4 is 45.5 Å². The predicted molar refractivity (Wildman–Crippen MR) is 152 cm³/mol. The Morgan fingerprint density at radius 3 is 2.46 bits per heavy atom. The number of rotatable bonds is 8. The third kappa shape index (κ3) is 4.69. The lowest BCUT2D eigenvalue weighted by atomic mass is 9.96. The van der Waals surface area contributed by atoms with E-state index in [2.05, 4.69) is 9.97 Å². The van der Waals surface area contributed by atoms with Crippen LogP contribution in [-0.4, -0.2) is 57.5 Å². The number of Topliss-reactive ketones (excluding diaryl/α,β-unsaturated/α-hetero) is 1. The smallest absolute Gasteiger partial charge is 0.350 e. The maximum Gasteiger partial charge on any atom is 0.350 e.